The van der Waals surface area contributed by atoms with Crippen molar-refractivity contribution in [3.05, 3.63) is 58.1 Å². The number of rotatable bonds is 3. The molecule has 0 fully saturated rings. The highest BCUT2D eigenvalue weighted by Gasteiger charge is 2.09. The van der Waals surface area contributed by atoms with Gasteiger partial charge >= 0.3 is 0 Å². The summed E-state index contributed by atoms with van der Waals surface area (Å²) in [6.07, 6.45) is 4.34. The van der Waals surface area contributed by atoms with Crippen LogP contribution in [0, 0.1) is 6.92 Å². The van der Waals surface area contributed by atoms with Crippen molar-refractivity contribution < 1.29 is 0 Å². The average molecular weight is 292 g/mol. The van der Waals surface area contributed by atoms with Gasteiger partial charge in [-0.1, -0.05) is 6.07 Å². The van der Waals surface area contributed by atoms with Gasteiger partial charge in [0, 0.05) is 22.6 Å². The molecule has 1 atom stereocenters. The monoisotopic (exact) mass is 291 g/mol. The topological polar surface area (TPSA) is 51.8 Å². The molecule has 0 bridgehead atoms. The number of aryl methyl sites for hydroxylation is 1. The smallest absolute Gasteiger partial charge is 0.0577 e. The molecule has 1 unspecified atom stereocenters. The van der Waals surface area contributed by atoms with E-state index in [-0.39, 0.29) is 6.04 Å². The van der Waals surface area contributed by atoms with Gasteiger partial charge in [-0.3, -0.25) is 9.97 Å². The SMILES string of the molecule is Cc1cccc(C(N)Cc2cncc(Br)c2)n1. The molecule has 2 aromatic rings. The Balaban J connectivity index is 2.14. The first kappa shape index (κ1) is 12.2. The number of nitrogens with zero attached hydrogens (tertiary/aromatic N) is 2. The molecule has 0 spiro atoms. The minimum atomic E-state index is -0.0917. The molecule has 0 aliphatic rings. The highest BCUT2D eigenvalue weighted by atomic mass is 79.9. The molecule has 2 aromatic heterocycles. The second-order valence-electron chi connectivity index (χ2n) is 4.03. The first-order chi connectivity index (χ1) is 8.15. The molecule has 0 aromatic carbocycles. The number of nitrogens with two attached hydrogens (primary N) is 1. The lowest BCUT2D eigenvalue weighted by atomic mass is 10.1. The molecule has 2 rings (SSSR count). The van der Waals surface area contributed by atoms with Crippen LogP contribution in [0.1, 0.15) is 23.0 Å². The zero-order valence-corrected chi connectivity index (χ0v) is 11.2. The number of hydrogen-bond donors (Lipinski definition) is 1. The van der Waals surface area contributed by atoms with Gasteiger partial charge in [-0.25, -0.2) is 0 Å². The number of pyridine rings is 2. The van der Waals surface area contributed by atoms with Gasteiger partial charge < -0.3 is 5.73 Å². The zero-order valence-electron chi connectivity index (χ0n) is 9.60. The third-order valence-electron chi connectivity index (χ3n) is 2.51. The number of halogens is 1. The van der Waals surface area contributed by atoms with E-state index in [1.807, 2.05) is 37.4 Å². The van der Waals surface area contributed by atoms with Crippen molar-refractivity contribution in [2.45, 2.75) is 19.4 Å². The summed E-state index contributed by atoms with van der Waals surface area (Å²) in [4.78, 5) is 8.56. The summed E-state index contributed by atoms with van der Waals surface area (Å²) in [6.45, 7) is 1.97. The lowest BCUT2D eigenvalue weighted by Gasteiger charge is -2.11. The zero-order chi connectivity index (χ0) is 12.3. The van der Waals surface area contributed by atoms with E-state index in [0.29, 0.717) is 0 Å². The van der Waals surface area contributed by atoms with Crippen LogP contribution in [0.4, 0.5) is 0 Å². The van der Waals surface area contributed by atoms with Crippen LogP contribution in [-0.2, 0) is 6.42 Å². The predicted octanol–water partition coefficient (Wildman–Crippen LogP) is 2.79. The Morgan fingerprint density at radius 1 is 1.35 bits per heavy atom. The fraction of sp³-hybridized carbons (Fsp3) is 0.231. The maximum absolute atomic E-state index is 6.14. The Labute approximate surface area is 109 Å². The Kier molecular flexibility index (Phi) is 3.86. The summed E-state index contributed by atoms with van der Waals surface area (Å²) in [5.74, 6) is 0. The van der Waals surface area contributed by atoms with Crippen molar-refractivity contribution >= 4 is 15.9 Å². The molecule has 3 nitrogen and oxygen atoms in total. The molecular formula is C13H14BrN3. The van der Waals surface area contributed by atoms with Gasteiger partial charge in [0.2, 0.25) is 0 Å². The molecule has 0 radical (unpaired) electrons. The molecule has 0 amide bonds. The maximum atomic E-state index is 6.14. The Bertz CT molecular complexity index is 514. The molecule has 2 N–H and O–H groups in total. The van der Waals surface area contributed by atoms with Crippen LogP contribution in [0.2, 0.25) is 0 Å². The van der Waals surface area contributed by atoms with Crippen LogP contribution in [0.5, 0.6) is 0 Å². The van der Waals surface area contributed by atoms with Gasteiger partial charge in [-0.15, -0.1) is 0 Å². The normalized spacial score (nSPS) is 12.4. The predicted molar refractivity (Wildman–Crippen MR) is 71.5 cm³/mol. The average Bonchev–Trinajstić information content (AvgIpc) is 2.29. The lowest BCUT2D eigenvalue weighted by Crippen LogP contribution is -2.15. The van der Waals surface area contributed by atoms with E-state index in [1.165, 1.54) is 0 Å². The van der Waals surface area contributed by atoms with Gasteiger partial charge in [-0.05, 0) is 53.0 Å². The molecule has 88 valence electrons. The third kappa shape index (κ3) is 3.35. The van der Waals surface area contributed by atoms with Crippen LogP contribution >= 0.6 is 15.9 Å². The molecule has 0 aliphatic heterocycles. The van der Waals surface area contributed by atoms with Crippen LogP contribution < -0.4 is 5.73 Å². The molecule has 0 saturated heterocycles. The minimum Gasteiger partial charge on any atom is -0.322 e. The molecule has 17 heavy (non-hydrogen) atoms. The van der Waals surface area contributed by atoms with Crippen molar-refractivity contribution in [3.8, 4) is 0 Å². The van der Waals surface area contributed by atoms with E-state index in [4.69, 9.17) is 5.73 Å². The quantitative estimate of drug-likeness (QED) is 0.946. The second-order valence-corrected chi connectivity index (χ2v) is 4.94. The van der Waals surface area contributed by atoms with Gasteiger partial charge in [0.05, 0.1) is 11.7 Å². The highest BCUT2D eigenvalue weighted by molar-refractivity contribution is 9.10. The summed E-state index contributed by atoms with van der Waals surface area (Å²) >= 11 is 3.40. The van der Waals surface area contributed by atoms with E-state index < -0.39 is 0 Å². The minimum absolute atomic E-state index is 0.0917. The van der Waals surface area contributed by atoms with Crippen LogP contribution in [0.3, 0.4) is 0 Å². The Morgan fingerprint density at radius 2 is 2.18 bits per heavy atom. The van der Waals surface area contributed by atoms with E-state index in [0.717, 1.165) is 27.8 Å². The standard InChI is InChI=1S/C13H14BrN3/c1-9-3-2-4-13(17-9)12(15)6-10-5-11(14)8-16-7-10/h2-5,7-8,12H,6,15H2,1H3. The Morgan fingerprint density at radius 3 is 2.88 bits per heavy atom. The van der Waals surface area contributed by atoms with Crippen molar-refractivity contribution in [1.29, 1.82) is 0 Å². The van der Waals surface area contributed by atoms with Crippen molar-refractivity contribution in [2.75, 3.05) is 0 Å². The second kappa shape index (κ2) is 5.38. The fourth-order valence-corrected chi connectivity index (χ4v) is 2.11. The summed E-state index contributed by atoms with van der Waals surface area (Å²) in [7, 11) is 0. The van der Waals surface area contributed by atoms with Gasteiger partial charge in [-0.2, -0.15) is 0 Å². The maximum Gasteiger partial charge on any atom is 0.0577 e. The van der Waals surface area contributed by atoms with Crippen molar-refractivity contribution in [3.63, 3.8) is 0 Å². The first-order valence-corrected chi connectivity index (χ1v) is 6.23. The summed E-state index contributed by atoms with van der Waals surface area (Å²) in [5.41, 5.74) is 9.16. The largest absolute Gasteiger partial charge is 0.322 e. The van der Waals surface area contributed by atoms with E-state index >= 15 is 0 Å². The van der Waals surface area contributed by atoms with E-state index in [2.05, 4.69) is 25.9 Å². The number of hydrogen-bond acceptors (Lipinski definition) is 3. The number of aromatic nitrogens is 2. The summed E-state index contributed by atoms with van der Waals surface area (Å²) < 4.78 is 0.972. The highest BCUT2D eigenvalue weighted by Crippen LogP contribution is 2.16. The van der Waals surface area contributed by atoms with Gasteiger partial charge in [0.25, 0.3) is 0 Å². The Hall–Kier alpha value is -1.26. The first-order valence-electron chi connectivity index (χ1n) is 5.44. The van der Waals surface area contributed by atoms with E-state index in [9.17, 15) is 0 Å². The molecule has 2 heterocycles. The van der Waals surface area contributed by atoms with Crippen LogP contribution in [0.25, 0.3) is 0 Å². The summed E-state index contributed by atoms with van der Waals surface area (Å²) in [5, 5.41) is 0. The third-order valence-corrected chi connectivity index (χ3v) is 2.94. The van der Waals surface area contributed by atoms with Crippen molar-refractivity contribution in [1.82, 2.24) is 9.97 Å². The molecule has 0 aliphatic carbocycles. The van der Waals surface area contributed by atoms with Crippen LogP contribution in [0.15, 0.2) is 41.1 Å². The van der Waals surface area contributed by atoms with Gasteiger partial charge in [0.15, 0.2) is 0 Å². The van der Waals surface area contributed by atoms with E-state index in [1.54, 1.807) is 6.20 Å². The summed E-state index contributed by atoms with van der Waals surface area (Å²) in [6, 6.07) is 7.85. The fourth-order valence-electron chi connectivity index (χ4n) is 1.70. The van der Waals surface area contributed by atoms with Gasteiger partial charge in [0.1, 0.15) is 0 Å². The molecule has 4 heteroatoms. The van der Waals surface area contributed by atoms with Crippen molar-refractivity contribution in [2.24, 2.45) is 5.73 Å². The lowest BCUT2D eigenvalue weighted by molar-refractivity contribution is 0.691. The molecular weight excluding hydrogens is 278 g/mol. The molecule has 0 saturated carbocycles. The van der Waals surface area contributed by atoms with Crippen LogP contribution in [-0.4, -0.2) is 9.97 Å².